The van der Waals surface area contributed by atoms with Crippen molar-refractivity contribution in [3.05, 3.63) is 28.5 Å². The molecule has 1 aromatic rings. The highest BCUT2D eigenvalue weighted by Gasteiger charge is 2.21. The zero-order valence-corrected chi connectivity index (χ0v) is 12.1. The smallest absolute Gasteiger partial charge is 0.0542 e. The van der Waals surface area contributed by atoms with Crippen LogP contribution < -0.4 is 5.32 Å². The molecule has 0 bridgehead atoms. The molecule has 1 N–H and O–H groups in total. The Morgan fingerprint density at radius 2 is 2.06 bits per heavy atom. The summed E-state index contributed by atoms with van der Waals surface area (Å²) in [4.78, 5) is 4.33. The van der Waals surface area contributed by atoms with E-state index in [2.05, 4.69) is 53.9 Å². The first-order valence-electron chi connectivity index (χ1n) is 5.73. The third-order valence-corrected chi connectivity index (χ3v) is 3.71. The van der Waals surface area contributed by atoms with E-state index in [0.29, 0.717) is 11.3 Å². The van der Waals surface area contributed by atoms with Crippen LogP contribution >= 0.6 is 15.9 Å². The van der Waals surface area contributed by atoms with Gasteiger partial charge < -0.3 is 5.32 Å². The van der Waals surface area contributed by atoms with Gasteiger partial charge >= 0.3 is 0 Å². The Balaban J connectivity index is 2.39. The molecule has 0 radical (unpaired) electrons. The van der Waals surface area contributed by atoms with Gasteiger partial charge in [0.1, 0.15) is 0 Å². The molecule has 0 aliphatic carbocycles. The molecule has 0 fully saturated rings. The molecule has 0 aliphatic rings. The Morgan fingerprint density at radius 3 is 2.56 bits per heavy atom. The molecule has 0 saturated carbocycles. The second kappa shape index (κ2) is 5.78. The van der Waals surface area contributed by atoms with Gasteiger partial charge in [0.15, 0.2) is 0 Å². The van der Waals surface area contributed by atoms with E-state index < -0.39 is 0 Å². The Kier molecular flexibility index (Phi) is 4.93. The lowest BCUT2D eigenvalue weighted by Gasteiger charge is -2.29. The first-order valence-corrected chi connectivity index (χ1v) is 6.52. The highest BCUT2D eigenvalue weighted by atomic mass is 79.9. The molecule has 0 amide bonds. The van der Waals surface area contributed by atoms with Gasteiger partial charge in [-0.25, -0.2) is 0 Å². The highest BCUT2D eigenvalue weighted by Crippen LogP contribution is 2.24. The number of nitrogens with zero attached hydrogens (tertiary/aromatic N) is 1. The van der Waals surface area contributed by atoms with Crippen LogP contribution in [0.3, 0.4) is 0 Å². The van der Waals surface area contributed by atoms with Crippen molar-refractivity contribution in [1.82, 2.24) is 10.3 Å². The van der Waals surface area contributed by atoms with Crippen LogP contribution in [0.2, 0.25) is 0 Å². The van der Waals surface area contributed by atoms with Crippen LogP contribution in [0.5, 0.6) is 0 Å². The molecule has 16 heavy (non-hydrogen) atoms. The Bertz CT molecular complexity index is 317. The normalized spacial score (nSPS) is 12.1. The molecule has 0 atom stereocenters. The molecule has 90 valence electrons. The van der Waals surface area contributed by atoms with E-state index in [1.807, 2.05) is 18.3 Å². The maximum absolute atomic E-state index is 4.33. The van der Waals surface area contributed by atoms with E-state index in [-0.39, 0.29) is 0 Å². The predicted octanol–water partition coefficient (Wildman–Crippen LogP) is 3.62. The lowest BCUT2D eigenvalue weighted by molar-refractivity contribution is 0.237. The van der Waals surface area contributed by atoms with Gasteiger partial charge in [-0.05, 0) is 39.4 Å². The van der Waals surface area contributed by atoms with E-state index in [1.165, 1.54) is 0 Å². The van der Waals surface area contributed by atoms with Gasteiger partial charge in [-0.15, -0.1) is 0 Å². The van der Waals surface area contributed by atoms with E-state index in [4.69, 9.17) is 0 Å². The molecule has 0 saturated heterocycles. The molecule has 0 spiro atoms. The molecule has 3 heteroatoms. The van der Waals surface area contributed by atoms with Crippen molar-refractivity contribution in [2.45, 2.75) is 34.2 Å². The number of hydrogen-bond donors (Lipinski definition) is 1. The van der Waals surface area contributed by atoms with Gasteiger partial charge in [0, 0.05) is 23.8 Å². The van der Waals surface area contributed by atoms with Crippen molar-refractivity contribution in [3.63, 3.8) is 0 Å². The number of nitrogens with one attached hydrogen (secondary N) is 1. The van der Waals surface area contributed by atoms with E-state index in [1.54, 1.807) is 0 Å². The molecular formula is C13H21BrN2. The minimum absolute atomic E-state index is 0.329. The van der Waals surface area contributed by atoms with Gasteiger partial charge in [-0.2, -0.15) is 0 Å². The van der Waals surface area contributed by atoms with Gasteiger partial charge in [-0.1, -0.05) is 27.7 Å². The summed E-state index contributed by atoms with van der Waals surface area (Å²) in [6.07, 6.45) is 1.84. The maximum atomic E-state index is 4.33. The second-order valence-electron chi connectivity index (χ2n) is 5.21. The third-order valence-electron chi connectivity index (χ3n) is 3.24. The summed E-state index contributed by atoms with van der Waals surface area (Å²) in [5.41, 5.74) is 1.41. The van der Waals surface area contributed by atoms with Crippen LogP contribution in [-0.2, 0) is 6.54 Å². The fourth-order valence-electron chi connectivity index (χ4n) is 1.23. The fraction of sp³-hybridized carbons (Fsp3) is 0.615. The van der Waals surface area contributed by atoms with Crippen molar-refractivity contribution < 1.29 is 0 Å². The zero-order chi connectivity index (χ0) is 12.2. The summed E-state index contributed by atoms with van der Waals surface area (Å²) in [7, 11) is 0. The quantitative estimate of drug-likeness (QED) is 0.893. The van der Waals surface area contributed by atoms with E-state index in [0.717, 1.165) is 23.3 Å². The maximum Gasteiger partial charge on any atom is 0.0542 e. The molecule has 1 heterocycles. The van der Waals surface area contributed by atoms with E-state index in [9.17, 15) is 0 Å². The zero-order valence-electron chi connectivity index (χ0n) is 10.5. The highest BCUT2D eigenvalue weighted by molar-refractivity contribution is 9.10. The first-order chi connectivity index (χ1) is 7.42. The van der Waals surface area contributed by atoms with E-state index >= 15 is 0 Å². The van der Waals surface area contributed by atoms with Gasteiger partial charge in [0.2, 0.25) is 0 Å². The largest absolute Gasteiger partial charge is 0.311 e. The average Bonchev–Trinajstić information content (AvgIpc) is 2.20. The summed E-state index contributed by atoms with van der Waals surface area (Å²) < 4.78 is 1.03. The minimum Gasteiger partial charge on any atom is -0.311 e. The SMILES string of the molecule is CC(C)C(C)(C)CNCc1ccc(Br)cn1. The molecule has 0 aromatic carbocycles. The summed E-state index contributed by atoms with van der Waals surface area (Å²) in [6, 6.07) is 4.07. The van der Waals surface area contributed by atoms with Gasteiger partial charge in [0.05, 0.1) is 5.69 Å². The average molecular weight is 285 g/mol. The number of rotatable bonds is 5. The molecule has 0 aliphatic heterocycles. The Hall–Kier alpha value is -0.410. The standard InChI is InChI=1S/C13H21BrN2/c1-10(2)13(3,4)9-15-8-12-6-5-11(14)7-16-12/h5-7,10,15H,8-9H2,1-4H3. The number of pyridine rings is 1. The second-order valence-corrected chi connectivity index (χ2v) is 6.13. The fourth-order valence-corrected chi connectivity index (χ4v) is 1.46. The van der Waals surface area contributed by atoms with Crippen LogP contribution in [0.1, 0.15) is 33.4 Å². The molecule has 1 rings (SSSR count). The van der Waals surface area contributed by atoms with Crippen molar-refractivity contribution in [2.24, 2.45) is 11.3 Å². The molecule has 1 aromatic heterocycles. The van der Waals surface area contributed by atoms with Crippen molar-refractivity contribution in [1.29, 1.82) is 0 Å². The lowest BCUT2D eigenvalue weighted by Crippen LogP contribution is -2.33. The van der Waals surface area contributed by atoms with Crippen LogP contribution in [0.25, 0.3) is 0 Å². The first kappa shape index (κ1) is 13.7. The van der Waals surface area contributed by atoms with Crippen molar-refractivity contribution in [2.75, 3.05) is 6.54 Å². The third kappa shape index (κ3) is 4.22. The lowest BCUT2D eigenvalue weighted by atomic mass is 9.81. The van der Waals surface area contributed by atoms with Crippen LogP contribution in [-0.4, -0.2) is 11.5 Å². The number of halogens is 1. The summed E-state index contributed by atoms with van der Waals surface area (Å²) in [5.74, 6) is 0.679. The summed E-state index contributed by atoms with van der Waals surface area (Å²) >= 11 is 3.38. The van der Waals surface area contributed by atoms with Crippen LogP contribution in [0.4, 0.5) is 0 Å². The Morgan fingerprint density at radius 1 is 1.38 bits per heavy atom. The molecule has 2 nitrogen and oxygen atoms in total. The number of hydrogen-bond acceptors (Lipinski definition) is 2. The summed E-state index contributed by atoms with van der Waals surface area (Å²) in [5, 5.41) is 3.46. The Labute approximate surface area is 107 Å². The molecular weight excluding hydrogens is 264 g/mol. The monoisotopic (exact) mass is 284 g/mol. The number of aromatic nitrogens is 1. The predicted molar refractivity (Wildman–Crippen MR) is 72.3 cm³/mol. The summed E-state index contributed by atoms with van der Waals surface area (Å²) in [6.45, 7) is 11.0. The topological polar surface area (TPSA) is 24.9 Å². The van der Waals surface area contributed by atoms with Crippen molar-refractivity contribution >= 4 is 15.9 Å². The van der Waals surface area contributed by atoms with Crippen LogP contribution in [0.15, 0.2) is 22.8 Å². The molecule has 0 unspecified atom stereocenters. The van der Waals surface area contributed by atoms with Crippen LogP contribution in [0, 0.1) is 11.3 Å². The minimum atomic E-state index is 0.329. The van der Waals surface area contributed by atoms with Gasteiger partial charge in [0.25, 0.3) is 0 Å². The van der Waals surface area contributed by atoms with Gasteiger partial charge in [-0.3, -0.25) is 4.98 Å². The van der Waals surface area contributed by atoms with Crippen molar-refractivity contribution in [3.8, 4) is 0 Å².